The van der Waals surface area contributed by atoms with E-state index in [2.05, 4.69) is 6.92 Å². The first-order valence-corrected chi connectivity index (χ1v) is 10.6. The van der Waals surface area contributed by atoms with Crippen molar-refractivity contribution in [2.24, 2.45) is 0 Å². The monoisotopic (exact) mass is 373 g/mol. The molecule has 1 saturated heterocycles. The van der Waals surface area contributed by atoms with Crippen LogP contribution in [0.2, 0.25) is 0 Å². The summed E-state index contributed by atoms with van der Waals surface area (Å²) in [6.45, 7) is 2.63. The van der Waals surface area contributed by atoms with Gasteiger partial charge < -0.3 is 14.8 Å². The van der Waals surface area contributed by atoms with Crippen LogP contribution < -0.4 is 0 Å². The molecule has 25 heavy (non-hydrogen) atoms. The van der Waals surface area contributed by atoms with Crippen molar-refractivity contribution in [3.8, 4) is 0 Å². The topological polar surface area (TPSA) is 101 Å². The number of aliphatic carboxylic acids is 1. The van der Waals surface area contributed by atoms with Gasteiger partial charge in [-0.2, -0.15) is 0 Å². The Morgan fingerprint density at radius 1 is 1.32 bits per heavy atom. The minimum absolute atomic E-state index is 0.0416. The van der Waals surface area contributed by atoms with E-state index < -0.39 is 28.6 Å². The average molecular weight is 374 g/mol. The van der Waals surface area contributed by atoms with Crippen LogP contribution in [0.5, 0.6) is 0 Å². The molecule has 0 aromatic rings. The van der Waals surface area contributed by atoms with Crippen LogP contribution in [0.4, 0.5) is 0 Å². The van der Waals surface area contributed by atoms with Crippen molar-refractivity contribution in [1.29, 1.82) is 0 Å². The summed E-state index contributed by atoms with van der Waals surface area (Å²) >= 11 is -1.26. The Morgan fingerprint density at radius 2 is 2.04 bits per heavy atom. The van der Waals surface area contributed by atoms with Gasteiger partial charge in [0.25, 0.3) is 5.91 Å². The van der Waals surface area contributed by atoms with E-state index in [1.807, 2.05) is 0 Å². The van der Waals surface area contributed by atoms with Crippen molar-refractivity contribution >= 4 is 23.1 Å². The molecule has 1 heterocycles. The highest BCUT2D eigenvalue weighted by Gasteiger charge is 2.40. The van der Waals surface area contributed by atoms with Gasteiger partial charge in [-0.25, -0.2) is 0 Å². The number of carboxylic acid groups (broad SMARTS) is 1. The van der Waals surface area contributed by atoms with Crippen LogP contribution in [-0.4, -0.2) is 55.3 Å². The maximum Gasteiger partial charge on any atom is 0.303 e. The number of nitrogens with zero attached hydrogens (tertiary/aromatic N) is 1. The molecule has 1 rings (SSSR count). The van der Waals surface area contributed by atoms with Gasteiger partial charge in [-0.1, -0.05) is 45.1 Å². The molecule has 144 valence electrons. The summed E-state index contributed by atoms with van der Waals surface area (Å²) in [5, 5.41) is 18.1. The van der Waals surface area contributed by atoms with Gasteiger partial charge in [0.1, 0.15) is 0 Å². The number of carbonyl (C=O) groups excluding carboxylic acids is 1. The molecule has 0 bridgehead atoms. The Balaban J connectivity index is 2.39. The summed E-state index contributed by atoms with van der Waals surface area (Å²) in [5.41, 5.74) is 0. The maximum absolute atomic E-state index is 12.1. The molecule has 0 aliphatic carbocycles. The molecule has 1 amide bonds. The zero-order chi connectivity index (χ0) is 18.7. The van der Waals surface area contributed by atoms with Crippen LogP contribution in [0.1, 0.15) is 64.7 Å². The van der Waals surface area contributed by atoms with Gasteiger partial charge in [-0.15, -0.1) is 0 Å². The van der Waals surface area contributed by atoms with Gasteiger partial charge >= 0.3 is 5.97 Å². The molecule has 1 fully saturated rings. The Morgan fingerprint density at radius 3 is 2.72 bits per heavy atom. The van der Waals surface area contributed by atoms with E-state index in [1.54, 1.807) is 17.1 Å². The lowest BCUT2D eigenvalue weighted by Crippen LogP contribution is -2.35. The summed E-state index contributed by atoms with van der Waals surface area (Å²) in [7, 11) is 0. The fraction of sp³-hybridized carbons (Fsp3) is 0.778. The zero-order valence-corrected chi connectivity index (χ0v) is 15.9. The van der Waals surface area contributed by atoms with E-state index in [0.717, 1.165) is 38.5 Å². The molecule has 7 heteroatoms. The van der Waals surface area contributed by atoms with Crippen molar-refractivity contribution in [3.05, 3.63) is 12.2 Å². The first-order valence-electron chi connectivity index (χ1n) is 9.20. The second-order valence-corrected chi connectivity index (χ2v) is 8.04. The highest BCUT2D eigenvalue weighted by molar-refractivity contribution is 7.93. The number of hydrogen-bond donors (Lipinski definition) is 2. The highest BCUT2D eigenvalue weighted by Crippen LogP contribution is 2.21. The quantitative estimate of drug-likeness (QED) is 0.293. The van der Waals surface area contributed by atoms with Gasteiger partial charge in [0.15, 0.2) is 5.75 Å². The SMILES string of the molecule is CCCCCC(O)C=C[C@@H]1N(CCCCCCC(=O)O)C(=O)C[S@@+]1[O-]. The standard InChI is InChI=1S/C18H31NO5S/c1-2-3-6-9-15(20)11-12-17-19(16(21)14-25(17)24)13-8-5-4-7-10-18(22)23/h11-12,15,17,20H,2-10,13-14H2,1H3,(H,22,23)/t15?,17-,25-/m1/s1. The molecule has 1 aliphatic heterocycles. The predicted molar refractivity (Wildman–Crippen MR) is 98.5 cm³/mol. The first-order chi connectivity index (χ1) is 12.0. The van der Waals surface area contributed by atoms with Crippen molar-refractivity contribution in [1.82, 2.24) is 4.90 Å². The minimum Gasteiger partial charge on any atom is -0.614 e. The van der Waals surface area contributed by atoms with E-state index in [9.17, 15) is 19.2 Å². The molecule has 3 atom stereocenters. The van der Waals surface area contributed by atoms with Crippen LogP contribution in [0, 0.1) is 0 Å². The Hall–Kier alpha value is -1.05. The number of unbranched alkanes of at least 4 members (excludes halogenated alkanes) is 5. The van der Waals surface area contributed by atoms with Crippen LogP contribution in [0.25, 0.3) is 0 Å². The van der Waals surface area contributed by atoms with Crippen LogP contribution in [0.15, 0.2) is 12.2 Å². The average Bonchev–Trinajstić information content (AvgIpc) is 2.82. The number of carbonyl (C=O) groups is 2. The second kappa shape index (κ2) is 12.3. The number of aliphatic hydroxyl groups is 1. The molecular formula is C18H31NO5S. The molecule has 0 aromatic carbocycles. The molecule has 0 aromatic heterocycles. The van der Waals surface area contributed by atoms with Crippen LogP contribution >= 0.6 is 0 Å². The fourth-order valence-corrected chi connectivity index (χ4v) is 4.20. The third kappa shape index (κ3) is 8.74. The molecule has 0 saturated carbocycles. The Kier molecular flexibility index (Phi) is 10.8. The van der Waals surface area contributed by atoms with Gasteiger partial charge in [-0.05, 0) is 36.5 Å². The molecule has 1 unspecified atom stereocenters. The van der Waals surface area contributed by atoms with Crippen molar-refractivity contribution in [3.63, 3.8) is 0 Å². The van der Waals surface area contributed by atoms with Crippen LogP contribution in [-0.2, 0) is 20.8 Å². The summed E-state index contributed by atoms with van der Waals surface area (Å²) in [6, 6.07) is 0. The van der Waals surface area contributed by atoms with Gasteiger partial charge in [0, 0.05) is 13.0 Å². The van der Waals surface area contributed by atoms with Crippen molar-refractivity contribution < 1.29 is 24.4 Å². The molecule has 1 aliphatic rings. The van der Waals surface area contributed by atoms with E-state index >= 15 is 0 Å². The molecular weight excluding hydrogens is 342 g/mol. The number of aliphatic hydroxyl groups excluding tert-OH is 1. The molecule has 6 nitrogen and oxygen atoms in total. The van der Waals surface area contributed by atoms with Crippen LogP contribution in [0.3, 0.4) is 0 Å². The number of hydrogen-bond acceptors (Lipinski definition) is 4. The third-order valence-electron chi connectivity index (χ3n) is 4.30. The predicted octanol–water partition coefficient (Wildman–Crippen LogP) is 2.44. The first kappa shape index (κ1) is 22.0. The fourth-order valence-electron chi connectivity index (χ4n) is 2.85. The number of carboxylic acids is 1. The molecule has 2 N–H and O–H groups in total. The summed E-state index contributed by atoms with van der Waals surface area (Å²) in [4.78, 5) is 24.1. The van der Waals surface area contributed by atoms with E-state index in [1.165, 1.54) is 0 Å². The van der Waals surface area contributed by atoms with Crippen molar-refractivity contribution in [2.75, 3.05) is 12.3 Å². The van der Waals surface area contributed by atoms with Gasteiger partial charge in [0.05, 0.1) is 6.10 Å². The normalized spacial score (nSPS) is 22.0. The second-order valence-electron chi connectivity index (χ2n) is 6.51. The number of amides is 1. The number of rotatable bonds is 13. The Labute approximate surface area is 153 Å². The van der Waals surface area contributed by atoms with E-state index in [0.29, 0.717) is 19.4 Å². The smallest absolute Gasteiger partial charge is 0.303 e. The Bertz CT molecular complexity index is 443. The van der Waals surface area contributed by atoms with E-state index in [4.69, 9.17) is 5.11 Å². The molecule has 0 spiro atoms. The van der Waals surface area contributed by atoms with E-state index in [-0.39, 0.29) is 18.1 Å². The summed E-state index contributed by atoms with van der Waals surface area (Å²) in [5.74, 6) is -0.855. The van der Waals surface area contributed by atoms with Gasteiger partial charge in [-0.3, -0.25) is 14.5 Å². The van der Waals surface area contributed by atoms with Crippen molar-refractivity contribution in [2.45, 2.75) is 76.2 Å². The zero-order valence-electron chi connectivity index (χ0n) is 15.1. The lowest BCUT2D eigenvalue weighted by molar-refractivity contribution is -0.137. The highest BCUT2D eigenvalue weighted by atomic mass is 32.2. The lowest BCUT2D eigenvalue weighted by Gasteiger charge is -2.21. The van der Waals surface area contributed by atoms with Gasteiger partial charge in [0.2, 0.25) is 5.37 Å². The minimum atomic E-state index is -1.26. The summed E-state index contributed by atoms with van der Waals surface area (Å²) < 4.78 is 12.1. The molecule has 0 radical (unpaired) electrons. The third-order valence-corrected chi connectivity index (χ3v) is 5.79. The largest absolute Gasteiger partial charge is 0.614 e. The summed E-state index contributed by atoms with van der Waals surface area (Å²) in [6.07, 6.45) is 9.87. The maximum atomic E-state index is 12.1. The lowest BCUT2D eigenvalue weighted by atomic mass is 10.1.